The second-order valence-electron chi connectivity index (χ2n) is 4.04. The van der Waals surface area contributed by atoms with E-state index in [0.717, 1.165) is 17.0 Å². The Morgan fingerprint density at radius 1 is 1.35 bits per heavy atom. The van der Waals surface area contributed by atoms with Crippen molar-refractivity contribution in [1.82, 2.24) is 4.98 Å². The molecular weight excluding hydrogens is 230 g/mol. The normalized spacial score (nSPS) is 10.6. The van der Waals surface area contributed by atoms with Crippen molar-refractivity contribution >= 4 is 28.4 Å². The summed E-state index contributed by atoms with van der Waals surface area (Å²) in [6, 6.07) is 10.3. The Morgan fingerprint density at radius 2 is 2.18 bits per heavy atom. The first-order valence-electron chi connectivity index (χ1n) is 5.66. The zero-order valence-corrected chi connectivity index (χ0v) is 10.7. The molecule has 0 saturated heterocycles. The van der Waals surface area contributed by atoms with Crippen LogP contribution in [0.3, 0.4) is 0 Å². The minimum atomic E-state index is 0.258. The molecule has 1 aromatic carbocycles. The van der Waals surface area contributed by atoms with Gasteiger partial charge >= 0.3 is 0 Å². The van der Waals surface area contributed by atoms with E-state index in [1.165, 1.54) is 10.9 Å². The summed E-state index contributed by atoms with van der Waals surface area (Å²) in [7, 11) is 0. The van der Waals surface area contributed by atoms with Gasteiger partial charge in [0.05, 0.1) is 5.52 Å². The Morgan fingerprint density at radius 3 is 3.00 bits per heavy atom. The number of carbonyl (C=O) groups excluding carboxylic acids is 1. The zero-order valence-electron chi connectivity index (χ0n) is 9.85. The van der Waals surface area contributed by atoms with Crippen LogP contribution in [0.15, 0.2) is 36.5 Å². The van der Waals surface area contributed by atoms with Crippen molar-refractivity contribution in [2.75, 3.05) is 5.75 Å². The number of aromatic nitrogens is 1. The minimum absolute atomic E-state index is 0.258. The van der Waals surface area contributed by atoms with Crippen LogP contribution in [0.2, 0.25) is 0 Å². The van der Waals surface area contributed by atoms with Gasteiger partial charge in [-0.1, -0.05) is 18.2 Å². The molecule has 0 aliphatic carbocycles. The van der Waals surface area contributed by atoms with E-state index in [4.69, 9.17) is 0 Å². The van der Waals surface area contributed by atoms with Crippen LogP contribution in [0.5, 0.6) is 0 Å². The Balaban J connectivity index is 1.97. The number of Topliss-reactive ketones (excluding diaryl/α,β-unsaturated/α-hetero) is 1. The van der Waals surface area contributed by atoms with Crippen LogP contribution in [0.4, 0.5) is 0 Å². The Kier molecular flexibility index (Phi) is 4.15. The molecule has 2 aromatic rings. The molecule has 0 amide bonds. The van der Waals surface area contributed by atoms with Gasteiger partial charge in [-0.05, 0) is 24.6 Å². The number of benzene rings is 1. The van der Waals surface area contributed by atoms with Crippen LogP contribution in [0.25, 0.3) is 10.9 Å². The second kappa shape index (κ2) is 5.82. The average molecular weight is 245 g/mol. The fraction of sp³-hybridized carbons (Fsp3) is 0.286. The number of thioether (sulfide) groups is 1. The van der Waals surface area contributed by atoms with E-state index in [2.05, 4.69) is 17.1 Å². The molecule has 0 saturated carbocycles. The van der Waals surface area contributed by atoms with Crippen LogP contribution in [-0.2, 0) is 10.5 Å². The van der Waals surface area contributed by atoms with E-state index in [1.807, 2.05) is 24.4 Å². The molecule has 2 rings (SSSR count). The van der Waals surface area contributed by atoms with E-state index in [0.29, 0.717) is 6.42 Å². The third kappa shape index (κ3) is 3.56. The summed E-state index contributed by atoms with van der Waals surface area (Å²) < 4.78 is 0. The molecule has 0 fully saturated rings. The molecule has 0 atom stereocenters. The number of rotatable bonds is 5. The fourth-order valence-electron chi connectivity index (χ4n) is 1.60. The molecule has 0 unspecified atom stereocenters. The van der Waals surface area contributed by atoms with E-state index in [1.54, 1.807) is 18.7 Å². The summed E-state index contributed by atoms with van der Waals surface area (Å²) in [4.78, 5) is 15.2. The topological polar surface area (TPSA) is 30.0 Å². The smallest absolute Gasteiger partial charge is 0.130 e. The molecule has 0 bridgehead atoms. The van der Waals surface area contributed by atoms with Gasteiger partial charge in [0.2, 0.25) is 0 Å². The molecule has 0 spiro atoms. The number of fused-ring (bicyclic) bond motifs is 1. The number of carbonyl (C=O) groups is 1. The van der Waals surface area contributed by atoms with Gasteiger partial charge in [-0.25, -0.2) is 0 Å². The van der Waals surface area contributed by atoms with E-state index in [9.17, 15) is 4.79 Å². The molecule has 1 heterocycles. The third-order valence-electron chi connectivity index (χ3n) is 2.51. The number of hydrogen-bond donors (Lipinski definition) is 0. The molecule has 0 N–H and O–H groups in total. The summed E-state index contributed by atoms with van der Waals surface area (Å²) in [6.45, 7) is 1.64. The summed E-state index contributed by atoms with van der Waals surface area (Å²) in [5.74, 6) is 2.07. The summed E-state index contributed by atoms with van der Waals surface area (Å²) in [5, 5.41) is 1.18. The lowest BCUT2D eigenvalue weighted by Gasteiger charge is -2.02. The summed E-state index contributed by atoms with van der Waals surface area (Å²) >= 11 is 1.78. The highest BCUT2D eigenvalue weighted by atomic mass is 32.2. The second-order valence-corrected chi connectivity index (χ2v) is 5.15. The van der Waals surface area contributed by atoms with Crippen LogP contribution in [0, 0.1) is 0 Å². The number of nitrogens with zero attached hydrogens (tertiary/aromatic N) is 1. The molecule has 3 heteroatoms. The van der Waals surface area contributed by atoms with Crippen molar-refractivity contribution < 1.29 is 4.79 Å². The van der Waals surface area contributed by atoms with Gasteiger partial charge in [0.1, 0.15) is 5.78 Å². The van der Waals surface area contributed by atoms with Crippen molar-refractivity contribution in [3.05, 3.63) is 42.1 Å². The lowest BCUT2D eigenvalue weighted by atomic mass is 10.2. The standard InChI is InChI=1S/C14H15NOS/c1-11(16)6-7-17-10-12-8-13-4-2-3-5-14(13)15-9-12/h2-5,8-9H,6-7,10H2,1H3. The van der Waals surface area contributed by atoms with Crippen molar-refractivity contribution in [2.24, 2.45) is 0 Å². The maximum absolute atomic E-state index is 10.8. The van der Waals surface area contributed by atoms with E-state index in [-0.39, 0.29) is 5.78 Å². The maximum Gasteiger partial charge on any atom is 0.130 e. The van der Waals surface area contributed by atoms with Gasteiger partial charge in [-0.3, -0.25) is 9.78 Å². The fourth-order valence-corrected chi connectivity index (χ4v) is 2.57. The summed E-state index contributed by atoms with van der Waals surface area (Å²) in [5.41, 5.74) is 2.25. The predicted octanol–water partition coefficient (Wildman–Crippen LogP) is 3.45. The first-order chi connectivity index (χ1) is 8.25. The number of para-hydroxylation sites is 1. The lowest BCUT2D eigenvalue weighted by Crippen LogP contribution is -1.92. The number of ketones is 1. The highest BCUT2D eigenvalue weighted by molar-refractivity contribution is 7.98. The maximum atomic E-state index is 10.8. The highest BCUT2D eigenvalue weighted by Gasteiger charge is 1.99. The molecule has 88 valence electrons. The zero-order chi connectivity index (χ0) is 12.1. The first-order valence-corrected chi connectivity index (χ1v) is 6.82. The Labute approximate surface area is 105 Å². The molecule has 0 aliphatic heterocycles. The SMILES string of the molecule is CC(=O)CCSCc1cnc2ccccc2c1. The van der Waals surface area contributed by atoms with Gasteiger partial charge in [-0.2, -0.15) is 11.8 Å². The van der Waals surface area contributed by atoms with Gasteiger partial charge < -0.3 is 0 Å². The molecule has 0 aliphatic rings. The van der Waals surface area contributed by atoms with Gasteiger partial charge in [0.25, 0.3) is 0 Å². The van der Waals surface area contributed by atoms with Gasteiger partial charge in [0, 0.05) is 29.5 Å². The van der Waals surface area contributed by atoms with Crippen molar-refractivity contribution in [3.8, 4) is 0 Å². The first kappa shape index (κ1) is 12.1. The Hall–Kier alpha value is -1.35. The predicted molar refractivity (Wildman–Crippen MR) is 73.2 cm³/mol. The largest absolute Gasteiger partial charge is 0.300 e. The summed E-state index contributed by atoms with van der Waals surface area (Å²) in [6.07, 6.45) is 2.58. The number of hydrogen-bond acceptors (Lipinski definition) is 3. The Bertz CT molecular complexity index is 524. The molecule has 0 radical (unpaired) electrons. The molecule has 17 heavy (non-hydrogen) atoms. The third-order valence-corrected chi connectivity index (χ3v) is 3.54. The molecule has 1 aromatic heterocycles. The molecule has 2 nitrogen and oxygen atoms in total. The minimum Gasteiger partial charge on any atom is -0.300 e. The monoisotopic (exact) mass is 245 g/mol. The highest BCUT2D eigenvalue weighted by Crippen LogP contribution is 2.17. The van der Waals surface area contributed by atoms with Crippen molar-refractivity contribution in [1.29, 1.82) is 0 Å². The van der Waals surface area contributed by atoms with Crippen LogP contribution < -0.4 is 0 Å². The molecular formula is C14H15NOS. The quantitative estimate of drug-likeness (QED) is 0.756. The van der Waals surface area contributed by atoms with Crippen LogP contribution in [0.1, 0.15) is 18.9 Å². The van der Waals surface area contributed by atoms with Gasteiger partial charge in [0.15, 0.2) is 0 Å². The van der Waals surface area contributed by atoms with Crippen molar-refractivity contribution in [3.63, 3.8) is 0 Å². The van der Waals surface area contributed by atoms with Gasteiger partial charge in [-0.15, -0.1) is 0 Å². The lowest BCUT2D eigenvalue weighted by molar-refractivity contribution is -0.116. The van der Waals surface area contributed by atoms with Crippen molar-refractivity contribution in [2.45, 2.75) is 19.1 Å². The van der Waals surface area contributed by atoms with E-state index < -0.39 is 0 Å². The van der Waals surface area contributed by atoms with Crippen LogP contribution in [-0.4, -0.2) is 16.5 Å². The average Bonchev–Trinajstić information content (AvgIpc) is 2.34. The van der Waals surface area contributed by atoms with Crippen LogP contribution >= 0.6 is 11.8 Å². The van der Waals surface area contributed by atoms with E-state index >= 15 is 0 Å². The number of pyridine rings is 1.